The molecule has 3 N–H and O–H groups in total. The number of aliphatic carboxylic acids is 1. The number of hydrogen-bond donors (Lipinski definition) is 3. The van der Waals surface area contributed by atoms with Crippen LogP contribution in [0.15, 0.2) is 89.8 Å². The number of carboxylic acids is 1. The highest BCUT2D eigenvalue weighted by Crippen LogP contribution is 2.41. The highest BCUT2D eigenvalue weighted by molar-refractivity contribution is 6.03. The summed E-state index contributed by atoms with van der Waals surface area (Å²) < 4.78 is 40.7. The van der Waals surface area contributed by atoms with Crippen LogP contribution in [0.5, 0.6) is 0 Å². The summed E-state index contributed by atoms with van der Waals surface area (Å²) in [6.07, 6.45) is 3.36. The highest BCUT2D eigenvalue weighted by Gasteiger charge is 2.58. The van der Waals surface area contributed by atoms with Gasteiger partial charge in [0, 0.05) is 56.6 Å². The number of oxazole rings is 1. The number of rotatable bonds is 13. The van der Waals surface area contributed by atoms with Crippen molar-refractivity contribution in [2.45, 2.75) is 62.8 Å². The van der Waals surface area contributed by atoms with Gasteiger partial charge in [-0.15, -0.1) is 0 Å². The zero-order valence-electron chi connectivity index (χ0n) is 32.8. The third-order valence-corrected chi connectivity index (χ3v) is 11.5. The summed E-state index contributed by atoms with van der Waals surface area (Å²) in [4.78, 5) is 66.6. The molecule has 8 rings (SSSR count). The fourth-order valence-electron chi connectivity index (χ4n) is 8.06. The lowest BCUT2D eigenvalue weighted by Gasteiger charge is -2.38. The Morgan fingerprint density at radius 2 is 1.85 bits per heavy atom. The number of hydrogen-bond acceptors (Lipinski definition) is 11. The number of nitrogens with zero attached hydrogens (tertiary/aromatic N) is 7. The number of likely N-dealkylation sites (N-methyl/N-ethyl adjacent to an activating group) is 1. The van der Waals surface area contributed by atoms with Crippen LogP contribution in [-0.4, -0.2) is 98.4 Å². The van der Waals surface area contributed by atoms with Gasteiger partial charge in [-0.2, -0.15) is 5.10 Å². The number of ether oxygens (including phenoxy) is 1. The van der Waals surface area contributed by atoms with Gasteiger partial charge in [-0.05, 0) is 74.1 Å². The van der Waals surface area contributed by atoms with E-state index in [1.54, 1.807) is 49.6 Å². The third kappa shape index (κ3) is 7.89. The second kappa shape index (κ2) is 16.5. The molecule has 0 bridgehead atoms. The minimum atomic E-state index is -3.02. The maximum Gasteiger partial charge on any atom is 0.411 e. The molecule has 1 aliphatic carbocycles. The van der Waals surface area contributed by atoms with E-state index >= 15 is 0 Å². The van der Waals surface area contributed by atoms with Crippen LogP contribution in [0, 0.1) is 5.92 Å². The first-order chi connectivity index (χ1) is 28.9. The Morgan fingerprint density at radius 1 is 1.08 bits per heavy atom. The first-order valence-electron chi connectivity index (χ1n) is 19.6. The molecule has 60 heavy (non-hydrogen) atoms. The van der Waals surface area contributed by atoms with Gasteiger partial charge in [0.1, 0.15) is 24.2 Å². The van der Waals surface area contributed by atoms with Gasteiger partial charge in [0.25, 0.3) is 12.3 Å². The summed E-state index contributed by atoms with van der Waals surface area (Å²) in [5, 5.41) is 20.2. The van der Waals surface area contributed by atoms with Crippen molar-refractivity contribution in [3.05, 3.63) is 102 Å². The first kappa shape index (κ1) is 40.1. The van der Waals surface area contributed by atoms with Crippen molar-refractivity contribution in [3.63, 3.8) is 0 Å². The number of pyridine rings is 1. The van der Waals surface area contributed by atoms with Gasteiger partial charge in [0.05, 0.1) is 23.6 Å². The number of amides is 3. The third-order valence-electron chi connectivity index (χ3n) is 11.5. The normalized spacial score (nSPS) is 20.0. The molecule has 3 amide bonds. The minimum absolute atomic E-state index is 0.00288. The van der Waals surface area contributed by atoms with E-state index in [2.05, 4.69) is 30.6 Å². The van der Waals surface area contributed by atoms with E-state index in [1.165, 1.54) is 20.7 Å². The predicted molar refractivity (Wildman–Crippen MR) is 214 cm³/mol. The van der Waals surface area contributed by atoms with Gasteiger partial charge < -0.3 is 34.7 Å². The van der Waals surface area contributed by atoms with E-state index in [0.29, 0.717) is 29.4 Å². The second-order valence-electron chi connectivity index (χ2n) is 15.2. The summed E-state index contributed by atoms with van der Waals surface area (Å²) in [6, 6.07) is 18.7. The van der Waals surface area contributed by atoms with Crippen LogP contribution in [0.2, 0.25) is 0 Å². The molecule has 2 aliphatic heterocycles. The van der Waals surface area contributed by atoms with Gasteiger partial charge in [0.15, 0.2) is 11.4 Å². The fraction of sp³-hybridized carbons (Fsp3) is 0.357. The van der Waals surface area contributed by atoms with Crippen molar-refractivity contribution in [3.8, 4) is 17.1 Å². The van der Waals surface area contributed by atoms with Crippen LogP contribution in [0.25, 0.3) is 17.1 Å². The Hall–Kier alpha value is -6.69. The zero-order chi connectivity index (χ0) is 42.1. The Kier molecular flexibility index (Phi) is 11.0. The van der Waals surface area contributed by atoms with Gasteiger partial charge in [0.2, 0.25) is 11.8 Å². The summed E-state index contributed by atoms with van der Waals surface area (Å²) in [5.74, 6) is -1.89. The molecule has 3 aliphatic rings. The lowest BCUT2D eigenvalue weighted by Crippen LogP contribution is -2.58. The van der Waals surface area contributed by atoms with E-state index in [9.17, 15) is 33.1 Å². The molecule has 0 unspecified atom stereocenters. The van der Waals surface area contributed by atoms with E-state index in [1.807, 2.05) is 37.4 Å². The molecule has 18 heteroatoms. The van der Waals surface area contributed by atoms with Gasteiger partial charge in [-0.3, -0.25) is 14.5 Å². The smallest absolute Gasteiger partial charge is 0.411 e. The lowest BCUT2D eigenvalue weighted by molar-refractivity contribution is -0.152. The van der Waals surface area contributed by atoms with E-state index in [4.69, 9.17) is 9.15 Å². The molecule has 2 saturated heterocycles. The molecule has 0 radical (unpaired) electrons. The lowest BCUT2D eigenvalue weighted by atomic mass is 9.80. The molecule has 5 heterocycles. The standard InChI is InChI=1S/C42H43F2N9O7/c1-50(28-9-10-28)34-19-26(15-17-45-34)38-48-33(24-59-38)37(54)47-32-22-53(49-35(32)36(43)44)30-13-11-29(12-14-30)51(2)39(55)31-20-27(21-46-31)42(40(56)57)16-6-18-52(42)41(58)60-23-25-7-4-3-5-8-25/h3-5,7-8,11-15,17,19,22,24,27-28,31,36,46H,6,9-10,16,18,20-21,23H2,1-2H3,(H,47,54)(H,56,57)/t27-,31+,42+/m1/s1. The summed E-state index contributed by atoms with van der Waals surface area (Å²) in [7, 11) is 3.53. The molecule has 3 atom stereocenters. The molecule has 0 spiro atoms. The molecule has 1 saturated carbocycles. The molecular weight excluding hydrogens is 781 g/mol. The van der Waals surface area contributed by atoms with Crippen LogP contribution in [-0.2, 0) is 20.9 Å². The van der Waals surface area contributed by atoms with Crippen molar-refractivity contribution in [2.24, 2.45) is 5.92 Å². The molecule has 5 aromatic rings. The average Bonchev–Trinajstić information content (AvgIpc) is 3.67. The number of likely N-dealkylation sites (tertiary alicyclic amines) is 1. The number of benzene rings is 2. The minimum Gasteiger partial charge on any atom is -0.479 e. The van der Waals surface area contributed by atoms with E-state index in [-0.39, 0.29) is 55.7 Å². The van der Waals surface area contributed by atoms with Crippen LogP contribution in [0.4, 0.5) is 30.8 Å². The van der Waals surface area contributed by atoms with E-state index < -0.39 is 47.6 Å². The van der Waals surface area contributed by atoms with Gasteiger partial charge in [-0.1, -0.05) is 30.3 Å². The number of carboxylic acid groups (broad SMARTS) is 1. The highest BCUT2D eigenvalue weighted by atomic mass is 19.3. The zero-order valence-corrected chi connectivity index (χ0v) is 32.8. The number of halogens is 2. The Bertz CT molecular complexity index is 2390. The Labute approximate surface area is 343 Å². The number of aromatic nitrogens is 4. The van der Waals surface area contributed by atoms with Crippen LogP contribution in [0.1, 0.15) is 60.3 Å². The molecule has 16 nitrogen and oxygen atoms in total. The number of anilines is 3. The molecule has 2 aromatic carbocycles. The largest absolute Gasteiger partial charge is 0.479 e. The van der Waals surface area contributed by atoms with Crippen molar-refractivity contribution in [2.75, 3.05) is 42.3 Å². The Balaban J connectivity index is 0.911. The number of alkyl halides is 2. The SMILES string of the molecule is CN(C(=O)[C@@H]1C[C@@H]([C@]2(C(=O)O)CCCN2C(=O)OCc2ccccc2)CN1)c1ccc(-n2cc(NC(=O)c3coc(-c4ccnc(N(C)C5CC5)c4)n3)c(C(F)F)n2)cc1. The van der Waals surface area contributed by atoms with Crippen molar-refractivity contribution in [1.29, 1.82) is 0 Å². The number of carbonyl (C=O) groups is 4. The van der Waals surface area contributed by atoms with Crippen LogP contribution >= 0.6 is 0 Å². The molecular formula is C42H43F2N9O7. The van der Waals surface area contributed by atoms with Gasteiger partial charge in [-0.25, -0.2) is 33.0 Å². The summed E-state index contributed by atoms with van der Waals surface area (Å²) >= 11 is 0. The Morgan fingerprint density at radius 3 is 2.57 bits per heavy atom. The first-order valence-corrected chi connectivity index (χ1v) is 19.6. The van der Waals surface area contributed by atoms with Crippen LogP contribution < -0.4 is 20.4 Å². The fourth-order valence-corrected chi connectivity index (χ4v) is 8.06. The monoisotopic (exact) mass is 823 g/mol. The second-order valence-corrected chi connectivity index (χ2v) is 15.2. The van der Waals surface area contributed by atoms with Crippen molar-refractivity contribution in [1.82, 2.24) is 30.0 Å². The number of nitrogens with one attached hydrogen (secondary N) is 2. The van der Waals surface area contributed by atoms with Crippen molar-refractivity contribution < 1.29 is 42.2 Å². The predicted octanol–water partition coefficient (Wildman–Crippen LogP) is 5.91. The van der Waals surface area contributed by atoms with E-state index in [0.717, 1.165) is 30.5 Å². The quantitative estimate of drug-likeness (QED) is 0.128. The summed E-state index contributed by atoms with van der Waals surface area (Å²) in [5.41, 5.74) is -0.304. The number of carbonyl (C=O) groups excluding carboxylic acids is 3. The van der Waals surface area contributed by atoms with Gasteiger partial charge >= 0.3 is 12.1 Å². The van der Waals surface area contributed by atoms with Crippen molar-refractivity contribution >= 4 is 41.1 Å². The average molecular weight is 824 g/mol. The van der Waals surface area contributed by atoms with Crippen LogP contribution in [0.3, 0.4) is 0 Å². The maximum atomic E-state index is 14.2. The maximum absolute atomic E-state index is 14.2. The molecule has 3 fully saturated rings. The molecule has 312 valence electrons. The summed E-state index contributed by atoms with van der Waals surface area (Å²) in [6.45, 7) is 0.423. The topological polar surface area (TPSA) is 188 Å². The molecule has 3 aromatic heterocycles.